The van der Waals surface area contributed by atoms with Crippen LogP contribution in [0.15, 0.2) is 0 Å². The molecular formula is C2H16N2O12P8. The van der Waals surface area contributed by atoms with Crippen LogP contribution in [-0.4, -0.2) is 41.5 Å². The first kappa shape index (κ1) is 26.2. The number of nitrogens with zero attached hydrogens (tertiary/aromatic N) is 2. The fourth-order valence-electron chi connectivity index (χ4n) is 1.19. The highest BCUT2D eigenvalue weighted by Gasteiger charge is 2.48. The Bertz CT molecular complexity index is 508. The molecule has 0 aromatic heterocycles. The standard InChI is InChI=1S/C2H16N2O12P8/c5-21(6,13-17)3(22(7,8)14-18)1-2-4(23(9,10)15-19)24(11,12)16-20/h1-2,17-20H2,(H,5,6)(H,7,8)(H,9,10)(H,11,12). The Labute approximate surface area is 146 Å². The van der Waals surface area contributed by atoms with Gasteiger partial charge < -0.3 is 19.6 Å². The Morgan fingerprint density at radius 1 is 0.583 bits per heavy atom. The molecule has 0 rings (SSSR count). The van der Waals surface area contributed by atoms with Gasteiger partial charge in [0.2, 0.25) is 0 Å². The summed E-state index contributed by atoms with van der Waals surface area (Å²) in [7, 11) is -14.1. The van der Waals surface area contributed by atoms with Gasteiger partial charge in [-0.1, -0.05) is 0 Å². The van der Waals surface area contributed by atoms with Gasteiger partial charge in [0, 0.05) is 51.0 Å². The maximum atomic E-state index is 11.8. The van der Waals surface area contributed by atoms with E-state index in [0.717, 1.165) is 0 Å². The van der Waals surface area contributed by atoms with E-state index in [0.29, 0.717) is 0 Å². The summed E-state index contributed by atoms with van der Waals surface area (Å²) in [4.78, 5) is 38.2. The molecule has 8 atom stereocenters. The van der Waals surface area contributed by atoms with E-state index in [-0.39, 0.29) is 8.88 Å². The summed E-state index contributed by atoms with van der Waals surface area (Å²) in [6, 6.07) is 0. The Morgan fingerprint density at radius 3 is 0.875 bits per heavy atom. The molecule has 22 heteroatoms. The Kier molecular flexibility index (Phi) is 11.1. The number of rotatable bonds is 11. The summed E-state index contributed by atoms with van der Waals surface area (Å²) in [5, 5.41) is 0. The highest BCUT2D eigenvalue weighted by atomic mass is 31.3. The summed E-state index contributed by atoms with van der Waals surface area (Å²) < 4.78 is 63.5. The van der Waals surface area contributed by atoms with E-state index >= 15 is 0 Å². The van der Waals surface area contributed by atoms with Gasteiger partial charge in [-0.05, 0) is 0 Å². The van der Waals surface area contributed by atoms with Gasteiger partial charge in [0.25, 0.3) is 0 Å². The van der Waals surface area contributed by atoms with Gasteiger partial charge >= 0.3 is 31.0 Å². The number of hydrogen-bond donors (Lipinski definition) is 4. The molecule has 0 aromatic rings. The quantitative estimate of drug-likeness (QED) is 0.291. The minimum Gasteiger partial charge on any atom is -0.312 e. The molecule has 14 nitrogen and oxygen atoms in total. The second-order valence-corrected chi connectivity index (χ2v) is 13.4. The van der Waals surface area contributed by atoms with Gasteiger partial charge in [-0.15, -0.1) is 8.88 Å². The number of hydrogen-bond acceptors (Lipinski definition) is 8. The zero-order chi connectivity index (χ0) is 19.4. The van der Waals surface area contributed by atoms with Crippen molar-refractivity contribution in [3.05, 3.63) is 0 Å². The Morgan fingerprint density at radius 2 is 0.750 bits per heavy atom. The molecule has 8 unspecified atom stereocenters. The molecule has 0 spiro atoms. The van der Waals surface area contributed by atoms with E-state index in [1.165, 1.54) is 37.9 Å². The average Bonchev–Trinajstić information content (AvgIpc) is 2.50. The van der Waals surface area contributed by atoms with Crippen LogP contribution >= 0.6 is 68.9 Å². The van der Waals surface area contributed by atoms with E-state index in [1.807, 2.05) is 0 Å². The summed E-state index contributed by atoms with van der Waals surface area (Å²) in [6.07, 6.45) is 0. The van der Waals surface area contributed by atoms with Crippen LogP contribution < -0.4 is 0 Å². The lowest BCUT2D eigenvalue weighted by molar-refractivity contribution is 0.263. The first-order valence-corrected chi connectivity index (χ1v) is 13.1. The van der Waals surface area contributed by atoms with Crippen molar-refractivity contribution in [2.75, 3.05) is 13.1 Å². The van der Waals surface area contributed by atoms with Crippen molar-refractivity contribution in [2.24, 2.45) is 0 Å². The lowest BCUT2D eigenvalue weighted by atomic mass is 10.7. The van der Waals surface area contributed by atoms with Crippen LogP contribution in [0.25, 0.3) is 0 Å². The predicted molar refractivity (Wildman–Crippen MR) is 95.9 cm³/mol. The van der Waals surface area contributed by atoms with E-state index in [1.54, 1.807) is 0 Å². The molecule has 0 saturated heterocycles. The third-order valence-electron chi connectivity index (χ3n) is 2.22. The van der Waals surface area contributed by atoms with Gasteiger partial charge in [-0.3, -0.25) is 17.2 Å². The van der Waals surface area contributed by atoms with Crippen molar-refractivity contribution in [2.45, 2.75) is 0 Å². The third kappa shape index (κ3) is 7.00. The highest BCUT2D eigenvalue weighted by Crippen LogP contribution is 2.67. The molecule has 4 N–H and O–H groups in total. The minimum atomic E-state index is -4.92. The summed E-state index contributed by atoms with van der Waals surface area (Å²) in [6.45, 7) is -2.02. The van der Waals surface area contributed by atoms with Crippen molar-refractivity contribution in [1.29, 1.82) is 0 Å². The van der Waals surface area contributed by atoms with Gasteiger partial charge in [-0.25, -0.2) is 18.3 Å². The Balaban J connectivity index is 5.73. The molecule has 0 fully saturated rings. The normalized spacial score (nSPS) is 22.6. The zero-order valence-electron chi connectivity index (χ0n) is 11.5. The second kappa shape index (κ2) is 10.1. The first-order valence-electron chi connectivity index (χ1n) is 5.14. The summed E-state index contributed by atoms with van der Waals surface area (Å²) >= 11 is 0. The van der Waals surface area contributed by atoms with E-state index in [2.05, 4.69) is 17.2 Å². The van der Waals surface area contributed by atoms with Crippen LogP contribution in [0, 0.1) is 0 Å². The maximum absolute atomic E-state index is 11.8. The molecule has 0 aromatic carbocycles. The largest absolute Gasteiger partial charge is 0.417 e. The van der Waals surface area contributed by atoms with Crippen LogP contribution in [0.1, 0.15) is 0 Å². The average molecular weight is 508 g/mol. The van der Waals surface area contributed by atoms with Crippen LogP contribution in [-0.2, 0) is 35.5 Å². The van der Waals surface area contributed by atoms with Gasteiger partial charge in [0.15, 0.2) is 0 Å². The van der Waals surface area contributed by atoms with Crippen molar-refractivity contribution in [3.8, 4) is 0 Å². The molecule has 0 radical (unpaired) electrons. The van der Waals surface area contributed by atoms with Gasteiger partial charge in [0.05, 0.1) is 0 Å². The van der Waals surface area contributed by atoms with Crippen LogP contribution in [0.4, 0.5) is 0 Å². The first-order chi connectivity index (χ1) is 10.7. The molecule has 0 saturated carbocycles. The molecule has 0 aliphatic carbocycles. The fraction of sp³-hybridized carbons (Fsp3) is 1.00. The summed E-state index contributed by atoms with van der Waals surface area (Å²) in [5.74, 6) is 0. The van der Waals surface area contributed by atoms with E-state index < -0.39 is 44.1 Å². The SMILES string of the molecule is O=P(O)(OP)N(CCN(P(=O)(O)OP)P(=O)(O)OP)P(=O)(O)OP. The smallest absolute Gasteiger partial charge is 0.312 e. The molecule has 0 aliphatic heterocycles. The molecule has 146 valence electrons. The maximum Gasteiger partial charge on any atom is 0.417 e. The van der Waals surface area contributed by atoms with Crippen LogP contribution in [0.3, 0.4) is 0 Å². The molecule has 0 bridgehead atoms. The topological polar surface area (TPSA) is 193 Å². The highest BCUT2D eigenvalue weighted by molar-refractivity contribution is 7.69. The van der Waals surface area contributed by atoms with Crippen molar-refractivity contribution in [1.82, 2.24) is 8.88 Å². The molecule has 0 amide bonds. The van der Waals surface area contributed by atoms with Crippen molar-refractivity contribution < 1.29 is 55.1 Å². The predicted octanol–water partition coefficient (Wildman–Crippen LogP) is 1.22. The molecule has 0 heterocycles. The van der Waals surface area contributed by atoms with E-state index in [4.69, 9.17) is 0 Å². The zero-order valence-corrected chi connectivity index (χ0v) is 19.7. The molecule has 24 heavy (non-hydrogen) atoms. The monoisotopic (exact) mass is 508 g/mol. The van der Waals surface area contributed by atoms with Crippen molar-refractivity contribution >= 4 is 68.9 Å². The second-order valence-electron chi connectivity index (χ2n) is 3.58. The van der Waals surface area contributed by atoms with E-state index in [9.17, 15) is 37.8 Å². The summed E-state index contributed by atoms with van der Waals surface area (Å²) in [5.41, 5.74) is 0. The Hall–Kier alpha value is 2.24. The van der Waals surface area contributed by atoms with Crippen molar-refractivity contribution in [3.63, 3.8) is 0 Å². The van der Waals surface area contributed by atoms with Gasteiger partial charge in [-0.2, -0.15) is 0 Å². The lowest BCUT2D eigenvalue weighted by Crippen LogP contribution is -2.29. The fourth-order valence-corrected chi connectivity index (χ4v) is 8.10. The third-order valence-corrected chi connectivity index (χ3v) is 12.5. The molecule has 0 aliphatic rings. The minimum absolute atomic E-state index is 0.0986. The van der Waals surface area contributed by atoms with Crippen LogP contribution in [0.2, 0.25) is 0 Å². The van der Waals surface area contributed by atoms with Crippen LogP contribution in [0.5, 0.6) is 0 Å². The molecular weight excluding hydrogens is 492 g/mol. The lowest BCUT2D eigenvalue weighted by Gasteiger charge is -2.31. The van der Waals surface area contributed by atoms with Gasteiger partial charge in [0.1, 0.15) is 0 Å².